The lowest BCUT2D eigenvalue weighted by atomic mass is 9.93. The first-order valence-corrected chi connectivity index (χ1v) is 8.09. The van der Waals surface area contributed by atoms with Gasteiger partial charge in [0.25, 0.3) is 0 Å². The minimum absolute atomic E-state index is 0.896. The van der Waals surface area contributed by atoms with Crippen LogP contribution in [0.25, 0.3) is 0 Å². The van der Waals surface area contributed by atoms with Gasteiger partial charge in [0.15, 0.2) is 0 Å². The first kappa shape index (κ1) is 12.5. The summed E-state index contributed by atoms with van der Waals surface area (Å²) in [4.78, 5) is 5.22. The van der Waals surface area contributed by atoms with E-state index in [0.717, 1.165) is 17.8 Å². The number of hydrogen-bond donors (Lipinski definition) is 0. The van der Waals surface area contributed by atoms with Crippen molar-refractivity contribution in [3.05, 3.63) is 42.5 Å². The second kappa shape index (κ2) is 5.25. The van der Waals surface area contributed by atoms with Crippen LogP contribution in [0.5, 0.6) is 0 Å². The van der Waals surface area contributed by atoms with E-state index in [0.29, 0.717) is 0 Å². The lowest BCUT2D eigenvalue weighted by Crippen LogP contribution is -2.48. The predicted octanol–water partition coefficient (Wildman–Crippen LogP) is 3.02. The molecule has 1 heterocycles. The average Bonchev–Trinajstić information content (AvgIpc) is 3.12. The molecule has 1 saturated heterocycles. The molecule has 106 valence electrons. The maximum Gasteiger partial charge on any atom is 0.0367 e. The summed E-state index contributed by atoms with van der Waals surface area (Å²) in [6.45, 7) is 6.15. The number of fused-ring (bicyclic) bond motifs is 2. The molecule has 1 aromatic rings. The third-order valence-electron chi connectivity index (χ3n) is 5.40. The van der Waals surface area contributed by atoms with E-state index < -0.39 is 0 Å². The largest absolute Gasteiger partial charge is 0.369 e. The topological polar surface area (TPSA) is 6.48 Å². The van der Waals surface area contributed by atoms with Gasteiger partial charge < -0.3 is 4.90 Å². The maximum absolute atomic E-state index is 2.69. The van der Waals surface area contributed by atoms with E-state index in [-0.39, 0.29) is 0 Å². The molecule has 0 radical (unpaired) electrons. The highest BCUT2D eigenvalue weighted by atomic mass is 15.3. The molecule has 2 aliphatic carbocycles. The Kier molecular flexibility index (Phi) is 3.27. The van der Waals surface area contributed by atoms with Gasteiger partial charge in [0.2, 0.25) is 0 Å². The Hall–Kier alpha value is -1.28. The van der Waals surface area contributed by atoms with Gasteiger partial charge in [0, 0.05) is 38.4 Å². The molecule has 2 fully saturated rings. The molecule has 3 atom stereocenters. The molecule has 20 heavy (non-hydrogen) atoms. The van der Waals surface area contributed by atoms with Gasteiger partial charge in [0.05, 0.1) is 0 Å². The van der Waals surface area contributed by atoms with Crippen LogP contribution in [0.3, 0.4) is 0 Å². The zero-order valence-electron chi connectivity index (χ0n) is 12.1. The monoisotopic (exact) mass is 268 g/mol. The van der Waals surface area contributed by atoms with Gasteiger partial charge >= 0.3 is 0 Å². The predicted molar refractivity (Wildman–Crippen MR) is 83.9 cm³/mol. The molecule has 0 unspecified atom stereocenters. The molecule has 0 spiro atoms. The van der Waals surface area contributed by atoms with Gasteiger partial charge in [-0.1, -0.05) is 30.4 Å². The number of rotatable bonds is 3. The third kappa shape index (κ3) is 2.37. The van der Waals surface area contributed by atoms with Crippen LogP contribution < -0.4 is 4.90 Å². The fraction of sp³-hybridized carbons (Fsp3) is 0.556. The number of para-hydroxylation sites is 1. The Bertz CT molecular complexity index is 473. The number of anilines is 1. The summed E-state index contributed by atoms with van der Waals surface area (Å²) in [5.41, 5.74) is 1.38. The minimum atomic E-state index is 0.896. The molecule has 1 saturated carbocycles. The van der Waals surface area contributed by atoms with Crippen molar-refractivity contribution < 1.29 is 0 Å². The van der Waals surface area contributed by atoms with Gasteiger partial charge in [-0.15, -0.1) is 0 Å². The summed E-state index contributed by atoms with van der Waals surface area (Å²) in [6, 6.07) is 10.8. The second-order valence-corrected chi connectivity index (χ2v) is 6.66. The molecular formula is C18H24N2. The van der Waals surface area contributed by atoms with Crippen molar-refractivity contribution in [1.82, 2.24) is 4.90 Å². The van der Waals surface area contributed by atoms with Crippen LogP contribution in [0.4, 0.5) is 5.69 Å². The van der Waals surface area contributed by atoms with Crippen molar-refractivity contribution in [3.63, 3.8) is 0 Å². The Balaban J connectivity index is 1.31. The fourth-order valence-electron chi connectivity index (χ4n) is 4.26. The van der Waals surface area contributed by atoms with Crippen molar-refractivity contribution >= 4 is 5.69 Å². The Morgan fingerprint density at radius 2 is 1.70 bits per heavy atom. The molecule has 2 heteroatoms. The standard InChI is InChI=1S/C18H24N2/c1-2-4-18(5-3-1)20-10-8-19(9-11-20)14-17-13-15-6-7-16(17)12-15/h1-7,15-17H,8-14H2/t15-,16-,17-/m1/s1. The minimum Gasteiger partial charge on any atom is -0.369 e. The number of nitrogens with zero attached hydrogens (tertiary/aromatic N) is 2. The molecule has 0 amide bonds. The van der Waals surface area contributed by atoms with Gasteiger partial charge in [-0.3, -0.25) is 4.90 Å². The van der Waals surface area contributed by atoms with Crippen LogP contribution >= 0.6 is 0 Å². The molecule has 2 nitrogen and oxygen atoms in total. The smallest absolute Gasteiger partial charge is 0.0367 e. The Morgan fingerprint density at radius 3 is 2.35 bits per heavy atom. The quantitative estimate of drug-likeness (QED) is 0.778. The number of allylic oxidation sites excluding steroid dienone is 2. The van der Waals surface area contributed by atoms with Crippen molar-refractivity contribution in [2.24, 2.45) is 17.8 Å². The van der Waals surface area contributed by atoms with Crippen LogP contribution in [-0.2, 0) is 0 Å². The molecule has 1 aliphatic heterocycles. The molecular weight excluding hydrogens is 244 g/mol. The highest BCUT2D eigenvalue weighted by Gasteiger charge is 2.36. The second-order valence-electron chi connectivity index (χ2n) is 6.66. The zero-order chi connectivity index (χ0) is 13.4. The van der Waals surface area contributed by atoms with Gasteiger partial charge in [-0.2, -0.15) is 0 Å². The lowest BCUT2D eigenvalue weighted by molar-refractivity contribution is 0.204. The highest BCUT2D eigenvalue weighted by molar-refractivity contribution is 5.46. The van der Waals surface area contributed by atoms with Crippen LogP contribution in [-0.4, -0.2) is 37.6 Å². The number of hydrogen-bond acceptors (Lipinski definition) is 2. The van der Waals surface area contributed by atoms with Crippen LogP contribution in [0.15, 0.2) is 42.5 Å². The normalized spacial score (nSPS) is 33.0. The van der Waals surface area contributed by atoms with Crippen LogP contribution in [0.2, 0.25) is 0 Å². The van der Waals surface area contributed by atoms with Crippen molar-refractivity contribution in [1.29, 1.82) is 0 Å². The Labute approximate surface area is 122 Å². The van der Waals surface area contributed by atoms with Crippen molar-refractivity contribution in [2.45, 2.75) is 12.8 Å². The number of piperazine rings is 1. The van der Waals surface area contributed by atoms with Crippen molar-refractivity contribution in [3.8, 4) is 0 Å². The van der Waals surface area contributed by atoms with Crippen molar-refractivity contribution in [2.75, 3.05) is 37.6 Å². The molecule has 0 N–H and O–H groups in total. The van der Waals surface area contributed by atoms with E-state index in [2.05, 4.69) is 52.3 Å². The van der Waals surface area contributed by atoms with E-state index in [1.807, 2.05) is 0 Å². The van der Waals surface area contributed by atoms with Crippen LogP contribution in [0, 0.1) is 17.8 Å². The fourth-order valence-corrected chi connectivity index (χ4v) is 4.26. The zero-order valence-corrected chi connectivity index (χ0v) is 12.1. The highest BCUT2D eigenvalue weighted by Crippen LogP contribution is 2.43. The molecule has 1 aromatic carbocycles. The summed E-state index contributed by atoms with van der Waals surface area (Å²) in [6.07, 6.45) is 7.82. The molecule has 3 aliphatic rings. The molecule has 4 rings (SSSR count). The summed E-state index contributed by atoms with van der Waals surface area (Å²) in [5, 5.41) is 0. The SMILES string of the molecule is C1=C[C@@H]2C[C@@H]1C[C@@H]2CN1CCN(c2ccccc2)CC1. The van der Waals surface area contributed by atoms with Gasteiger partial charge in [-0.05, 0) is 42.7 Å². The van der Waals surface area contributed by atoms with Gasteiger partial charge in [0.1, 0.15) is 0 Å². The molecule has 2 bridgehead atoms. The van der Waals surface area contributed by atoms with E-state index in [4.69, 9.17) is 0 Å². The van der Waals surface area contributed by atoms with E-state index >= 15 is 0 Å². The van der Waals surface area contributed by atoms with Gasteiger partial charge in [-0.25, -0.2) is 0 Å². The first-order valence-electron chi connectivity index (χ1n) is 8.09. The first-order chi connectivity index (χ1) is 9.88. The maximum atomic E-state index is 2.69. The summed E-state index contributed by atoms with van der Waals surface area (Å²) < 4.78 is 0. The Morgan fingerprint density at radius 1 is 0.900 bits per heavy atom. The molecule has 0 aromatic heterocycles. The average molecular weight is 268 g/mol. The number of benzene rings is 1. The summed E-state index contributed by atoms with van der Waals surface area (Å²) in [5.74, 6) is 2.75. The van der Waals surface area contributed by atoms with Crippen LogP contribution in [0.1, 0.15) is 12.8 Å². The summed E-state index contributed by atoms with van der Waals surface area (Å²) >= 11 is 0. The van der Waals surface area contributed by atoms with E-state index in [9.17, 15) is 0 Å². The third-order valence-corrected chi connectivity index (χ3v) is 5.40. The van der Waals surface area contributed by atoms with E-state index in [1.165, 1.54) is 51.3 Å². The lowest BCUT2D eigenvalue weighted by Gasteiger charge is -2.38. The van der Waals surface area contributed by atoms with E-state index in [1.54, 1.807) is 0 Å². The summed E-state index contributed by atoms with van der Waals surface area (Å²) in [7, 11) is 0.